The van der Waals surface area contributed by atoms with Gasteiger partial charge in [-0.25, -0.2) is 4.39 Å². The van der Waals surface area contributed by atoms with Crippen molar-refractivity contribution < 1.29 is 13.9 Å². The summed E-state index contributed by atoms with van der Waals surface area (Å²) < 4.78 is 20.6. The molecule has 1 amide bonds. The van der Waals surface area contributed by atoms with Gasteiger partial charge in [-0.05, 0) is 18.4 Å². The Hall–Kier alpha value is -3.00. The van der Waals surface area contributed by atoms with Gasteiger partial charge in [0.15, 0.2) is 5.69 Å². The summed E-state index contributed by atoms with van der Waals surface area (Å²) >= 11 is 1.32. The molecule has 2 aromatic carbocycles. The van der Waals surface area contributed by atoms with Gasteiger partial charge >= 0.3 is 0 Å². The van der Waals surface area contributed by atoms with Gasteiger partial charge < -0.3 is 4.74 Å². The van der Waals surface area contributed by atoms with Crippen LogP contribution in [0.1, 0.15) is 18.7 Å². The molecule has 0 unspecified atom stereocenters. The van der Waals surface area contributed by atoms with Crippen molar-refractivity contribution in [3.63, 3.8) is 0 Å². The summed E-state index contributed by atoms with van der Waals surface area (Å²) in [6, 6.07) is 13.4. The summed E-state index contributed by atoms with van der Waals surface area (Å²) in [5.41, 5.74) is 1.85. The maximum absolute atomic E-state index is 14.6. The van der Waals surface area contributed by atoms with Gasteiger partial charge in [-0.2, -0.15) is 4.98 Å². The summed E-state index contributed by atoms with van der Waals surface area (Å²) in [6.07, 6.45) is 0.807. The summed E-state index contributed by atoms with van der Waals surface area (Å²) in [6.45, 7) is 1.41. The maximum atomic E-state index is 14.6. The summed E-state index contributed by atoms with van der Waals surface area (Å²) in [7, 11) is 0. The number of hydrogen-bond acceptors (Lipinski definition) is 6. The molecule has 0 aliphatic carbocycles. The first-order chi connectivity index (χ1) is 13.1. The lowest BCUT2D eigenvalue weighted by Crippen LogP contribution is -2.36. The molecule has 0 N–H and O–H groups in total. The fourth-order valence-electron chi connectivity index (χ4n) is 3.02. The number of carbonyl (C=O) groups is 1. The number of thioether (sulfide) groups is 1. The van der Waals surface area contributed by atoms with Gasteiger partial charge in [0, 0.05) is 18.1 Å². The Morgan fingerprint density at radius 3 is 2.63 bits per heavy atom. The number of hydrogen-bond donors (Lipinski definition) is 0. The van der Waals surface area contributed by atoms with Crippen LogP contribution in [0.5, 0.6) is 5.88 Å². The van der Waals surface area contributed by atoms with Crippen molar-refractivity contribution in [1.29, 1.82) is 0 Å². The molecule has 2 heterocycles. The topological polar surface area (TPSA) is 68.2 Å². The van der Waals surface area contributed by atoms with Gasteiger partial charge in [0.25, 0.3) is 0 Å². The van der Waals surface area contributed by atoms with Crippen molar-refractivity contribution in [2.75, 3.05) is 11.2 Å². The number of amides is 1. The highest BCUT2D eigenvalue weighted by atomic mass is 32.2. The number of benzene rings is 2. The molecular weight excluding hydrogens is 367 g/mol. The molecule has 6 nitrogen and oxygen atoms in total. The van der Waals surface area contributed by atoms with Crippen molar-refractivity contribution in [3.05, 3.63) is 59.9 Å². The number of para-hydroxylation sites is 1. The zero-order valence-corrected chi connectivity index (χ0v) is 15.4. The maximum Gasteiger partial charge on any atom is 0.247 e. The minimum absolute atomic E-state index is 0.207. The van der Waals surface area contributed by atoms with E-state index >= 15 is 0 Å². The molecule has 0 spiro atoms. The number of halogens is 1. The Labute approximate surface area is 159 Å². The standard InChI is InChI=1S/C19H15FN4O2S/c1-11(25)24-15-10-6-4-8-13(15)16-17(21-19(27-2)23-22-16)26-18(24)12-7-3-5-9-14(12)20/h3-10,18H,1-2H3/t18-/m1/s1. The average molecular weight is 382 g/mol. The van der Waals surface area contributed by atoms with E-state index in [9.17, 15) is 9.18 Å². The Morgan fingerprint density at radius 2 is 1.89 bits per heavy atom. The monoisotopic (exact) mass is 382 g/mol. The van der Waals surface area contributed by atoms with Gasteiger partial charge in [-0.3, -0.25) is 9.69 Å². The highest BCUT2D eigenvalue weighted by molar-refractivity contribution is 7.98. The predicted octanol–water partition coefficient (Wildman–Crippen LogP) is 3.84. The number of nitrogens with zero attached hydrogens (tertiary/aromatic N) is 4. The van der Waals surface area contributed by atoms with Gasteiger partial charge in [0.1, 0.15) is 5.82 Å². The van der Waals surface area contributed by atoms with Crippen molar-refractivity contribution >= 4 is 23.4 Å². The van der Waals surface area contributed by atoms with Crippen LogP contribution in [0.4, 0.5) is 10.1 Å². The minimum atomic E-state index is -1.02. The second kappa shape index (κ2) is 6.96. The molecule has 1 aliphatic rings. The fourth-order valence-corrected chi connectivity index (χ4v) is 3.31. The zero-order chi connectivity index (χ0) is 19.0. The SMILES string of the molecule is CSc1nnc2c(n1)O[C@H](c1ccccc1F)N(C(C)=O)c1ccccc1-2. The first kappa shape index (κ1) is 17.4. The minimum Gasteiger partial charge on any atom is -0.447 e. The van der Waals surface area contributed by atoms with Crippen LogP contribution < -0.4 is 9.64 Å². The van der Waals surface area contributed by atoms with Crippen LogP contribution in [-0.2, 0) is 4.79 Å². The largest absolute Gasteiger partial charge is 0.447 e. The number of carbonyl (C=O) groups excluding carboxylic acids is 1. The van der Waals surface area contributed by atoms with Gasteiger partial charge in [-0.15, -0.1) is 10.2 Å². The van der Waals surface area contributed by atoms with Crippen molar-refractivity contribution in [2.45, 2.75) is 18.3 Å². The molecule has 8 heteroatoms. The number of ether oxygens (including phenoxy) is 1. The quantitative estimate of drug-likeness (QED) is 0.627. The van der Waals surface area contributed by atoms with E-state index in [1.54, 1.807) is 30.3 Å². The highest BCUT2D eigenvalue weighted by Gasteiger charge is 2.35. The van der Waals surface area contributed by atoms with E-state index in [-0.39, 0.29) is 17.4 Å². The predicted molar refractivity (Wildman–Crippen MR) is 100.0 cm³/mol. The first-order valence-electron chi connectivity index (χ1n) is 8.19. The third-order valence-electron chi connectivity index (χ3n) is 4.20. The molecule has 3 aromatic rings. The van der Waals surface area contributed by atoms with Crippen LogP contribution in [-0.4, -0.2) is 27.3 Å². The van der Waals surface area contributed by atoms with E-state index in [4.69, 9.17) is 4.74 Å². The molecule has 4 rings (SSSR count). The zero-order valence-electron chi connectivity index (χ0n) is 14.6. The van der Waals surface area contributed by atoms with E-state index in [1.807, 2.05) is 18.4 Å². The molecule has 0 bridgehead atoms. The van der Waals surface area contributed by atoms with Crippen molar-refractivity contribution in [2.24, 2.45) is 0 Å². The van der Waals surface area contributed by atoms with E-state index < -0.39 is 12.0 Å². The highest BCUT2D eigenvalue weighted by Crippen LogP contribution is 2.43. The number of anilines is 1. The first-order valence-corrected chi connectivity index (χ1v) is 9.41. The van der Waals surface area contributed by atoms with Crippen LogP contribution in [0.3, 0.4) is 0 Å². The summed E-state index contributed by atoms with van der Waals surface area (Å²) in [4.78, 5) is 18.4. The second-order valence-electron chi connectivity index (χ2n) is 5.85. The fraction of sp³-hybridized carbons (Fsp3) is 0.158. The van der Waals surface area contributed by atoms with Crippen LogP contribution in [0, 0.1) is 5.82 Å². The van der Waals surface area contributed by atoms with Crippen LogP contribution in [0.2, 0.25) is 0 Å². The summed E-state index contributed by atoms with van der Waals surface area (Å²) in [5, 5.41) is 8.75. The van der Waals surface area contributed by atoms with Crippen molar-refractivity contribution in [3.8, 4) is 17.1 Å². The smallest absolute Gasteiger partial charge is 0.247 e. The van der Waals surface area contributed by atoms with E-state index in [1.165, 1.54) is 29.7 Å². The second-order valence-corrected chi connectivity index (χ2v) is 6.62. The van der Waals surface area contributed by atoms with Crippen LogP contribution >= 0.6 is 11.8 Å². The van der Waals surface area contributed by atoms with E-state index in [2.05, 4.69) is 15.2 Å². The van der Waals surface area contributed by atoms with Crippen molar-refractivity contribution in [1.82, 2.24) is 15.2 Å². The lowest BCUT2D eigenvalue weighted by molar-refractivity contribution is -0.118. The number of aromatic nitrogens is 3. The molecule has 0 fully saturated rings. The molecule has 0 saturated carbocycles. The third-order valence-corrected chi connectivity index (χ3v) is 4.74. The average Bonchev–Trinajstić information content (AvgIpc) is 2.82. The third kappa shape index (κ3) is 3.02. The molecule has 1 aliphatic heterocycles. The summed E-state index contributed by atoms with van der Waals surface area (Å²) in [5.74, 6) is -0.554. The van der Waals surface area contributed by atoms with Gasteiger partial charge in [0.05, 0.1) is 5.69 Å². The molecule has 1 aromatic heterocycles. The molecule has 136 valence electrons. The Morgan fingerprint density at radius 1 is 1.15 bits per heavy atom. The van der Waals surface area contributed by atoms with Crippen LogP contribution in [0.25, 0.3) is 11.3 Å². The molecule has 27 heavy (non-hydrogen) atoms. The lowest BCUT2D eigenvalue weighted by atomic mass is 10.1. The lowest BCUT2D eigenvalue weighted by Gasteiger charge is -2.30. The number of fused-ring (bicyclic) bond motifs is 3. The molecule has 1 atom stereocenters. The number of rotatable bonds is 2. The molecular formula is C19H15FN4O2S. The Kier molecular flexibility index (Phi) is 4.49. The van der Waals surface area contributed by atoms with Crippen LogP contribution in [0.15, 0.2) is 53.7 Å². The van der Waals surface area contributed by atoms with Gasteiger partial charge in [-0.1, -0.05) is 48.2 Å². The van der Waals surface area contributed by atoms with Gasteiger partial charge in [0.2, 0.25) is 23.2 Å². The molecule has 0 saturated heterocycles. The van der Waals surface area contributed by atoms with E-state index in [0.29, 0.717) is 22.1 Å². The molecule has 0 radical (unpaired) electrons. The Bertz CT molecular complexity index is 1030. The normalized spacial score (nSPS) is 15.4. The van der Waals surface area contributed by atoms with E-state index in [0.717, 1.165) is 0 Å². The Balaban J connectivity index is 2.00.